The second-order valence-electron chi connectivity index (χ2n) is 6.62. The Labute approximate surface area is 169 Å². The second kappa shape index (κ2) is 7.97. The fourth-order valence-corrected chi connectivity index (χ4v) is 3.43. The Bertz CT molecular complexity index is 881. The zero-order valence-corrected chi connectivity index (χ0v) is 16.0. The van der Waals surface area contributed by atoms with Crippen LogP contribution in [0, 0.1) is 5.21 Å². The number of hydroxylamine groups is 3. The van der Waals surface area contributed by atoms with Crippen molar-refractivity contribution in [3.8, 4) is 5.75 Å². The maximum absolute atomic E-state index is 13.6. The van der Waals surface area contributed by atoms with Crippen molar-refractivity contribution in [2.45, 2.75) is 29.8 Å². The van der Waals surface area contributed by atoms with Crippen molar-refractivity contribution < 1.29 is 61.5 Å². The van der Waals surface area contributed by atoms with Gasteiger partial charge in [0.1, 0.15) is 25.4 Å². The number of hydrogen-bond acceptors (Lipinski definition) is 5. The molecule has 178 valence electrons. The summed E-state index contributed by atoms with van der Waals surface area (Å²) in [6, 6.07) is 3.32. The largest absolute Gasteiger partial charge is 0.632 e. The fraction of sp³-hybridized carbons (Fsp3) is 0.600. The van der Waals surface area contributed by atoms with Crippen LogP contribution in [-0.4, -0.2) is 62.6 Å². The number of halogens is 9. The normalized spacial score (nSPS) is 18.6. The molecule has 0 radical (unpaired) electrons. The number of nitrogens with zero attached hydrogens (tertiary/aromatic N) is 1. The molecule has 0 aliphatic carbocycles. The van der Waals surface area contributed by atoms with Crippen molar-refractivity contribution >= 4 is 10.1 Å². The lowest BCUT2D eigenvalue weighted by molar-refractivity contribution is -0.901. The summed E-state index contributed by atoms with van der Waals surface area (Å²) in [6.45, 7) is 0.370. The third kappa shape index (κ3) is 4.70. The molecule has 0 saturated carbocycles. The number of benzene rings is 1. The second-order valence-corrected chi connectivity index (χ2v) is 8.21. The van der Waals surface area contributed by atoms with Crippen LogP contribution in [0.25, 0.3) is 0 Å². The van der Waals surface area contributed by atoms with Crippen LogP contribution in [-0.2, 0) is 21.4 Å². The number of alkyl halides is 9. The van der Waals surface area contributed by atoms with Crippen molar-refractivity contribution in [1.82, 2.24) is 0 Å². The predicted molar refractivity (Wildman–Crippen MR) is 84.8 cm³/mol. The van der Waals surface area contributed by atoms with Gasteiger partial charge in [-0.1, -0.05) is 0 Å². The highest BCUT2D eigenvalue weighted by molar-refractivity contribution is 7.88. The maximum Gasteiger partial charge on any atom is 0.460 e. The SMILES string of the molecule is O=S(=O)(Oc1ccc(C[N+]2([O-])CCOCC2)cc1)C(F)(F)C(F)(F)C(F)(F)C(F)(F)F. The van der Waals surface area contributed by atoms with E-state index in [0.29, 0.717) is 12.1 Å². The van der Waals surface area contributed by atoms with Gasteiger partial charge in [0, 0.05) is 5.56 Å². The van der Waals surface area contributed by atoms with Crippen LogP contribution in [0.4, 0.5) is 39.5 Å². The summed E-state index contributed by atoms with van der Waals surface area (Å²) in [7, 11) is -7.01. The van der Waals surface area contributed by atoms with Crippen molar-refractivity contribution in [1.29, 1.82) is 0 Å². The molecule has 0 amide bonds. The van der Waals surface area contributed by atoms with Crippen molar-refractivity contribution in [2.75, 3.05) is 26.3 Å². The Morgan fingerprint density at radius 2 is 1.39 bits per heavy atom. The van der Waals surface area contributed by atoms with Crippen LogP contribution in [0.2, 0.25) is 0 Å². The monoisotopic (exact) mass is 491 g/mol. The highest BCUT2D eigenvalue weighted by Gasteiger charge is 2.86. The Balaban J connectivity index is 2.22. The van der Waals surface area contributed by atoms with Crippen LogP contribution in [0.3, 0.4) is 0 Å². The summed E-state index contributed by atoms with van der Waals surface area (Å²) >= 11 is 0. The molecule has 0 N–H and O–H groups in total. The summed E-state index contributed by atoms with van der Waals surface area (Å²) < 4.78 is 147. The molecule has 31 heavy (non-hydrogen) atoms. The molecule has 1 aromatic rings. The molecule has 0 bridgehead atoms. The van der Waals surface area contributed by atoms with Gasteiger partial charge in [-0.25, -0.2) is 0 Å². The highest BCUT2D eigenvalue weighted by Crippen LogP contribution is 2.54. The first kappa shape index (κ1) is 25.5. The minimum atomic E-state index is -7.38. The van der Waals surface area contributed by atoms with Gasteiger partial charge >= 0.3 is 33.4 Å². The molecule has 0 atom stereocenters. The zero-order chi connectivity index (χ0) is 23.9. The summed E-state index contributed by atoms with van der Waals surface area (Å²) in [6.07, 6.45) is -7.17. The van der Waals surface area contributed by atoms with Gasteiger partial charge in [-0.15, -0.1) is 0 Å². The van der Waals surface area contributed by atoms with Crippen LogP contribution in [0.1, 0.15) is 5.56 Å². The molecular weight excluding hydrogens is 477 g/mol. The Kier molecular flexibility index (Phi) is 6.55. The smallest absolute Gasteiger partial charge is 0.460 e. The number of morpholine rings is 1. The average molecular weight is 491 g/mol. The molecule has 1 aromatic carbocycles. The average Bonchev–Trinajstić information content (AvgIpc) is 2.62. The van der Waals surface area contributed by atoms with E-state index >= 15 is 0 Å². The molecule has 1 aliphatic rings. The summed E-state index contributed by atoms with van der Waals surface area (Å²) in [5.74, 6) is -15.8. The van der Waals surface area contributed by atoms with Gasteiger partial charge in [-0.3, -0.25) is 0 Å². The van der Waals surface area contributed by atoms with Gasteiger partial charge in [0.05, 0.1) is 13.2 Å². The quantitative estimate of drug-likeness (QED) is 0.252. The molecule has 16 heteroatoms. The number of rotatable bonds is 7. The third-order valence-corrected chi connectivity index (χ3v) is 5.61. The van der Waals surface area contributed by atoms with E-state index in [2.05, 4.69) is 4.18 Å². The van der Waals surface area contributed by atoms with Gasteiger partial charge in [0.25, 0.3) is 0 Å². The lowest BCUT2D eigenvalue weighted by Crippen LogP contribution is -2.63. The summed E-state index contributed by atoms with van der Waals surface area (Å²) in [5, 5.41) is 5.46. The molecule has 2 rings (SSSR count). The number of quaternary nitrogens is 1. The van der Waals surface area contributed by atoms with Crippen LogP contribution in [0.15, 0.2) is 24.3 Å². The first-order valence-electron chi connectivity index (χ1n) is 8.24. The van der Waals surface area contributed by atoms with Gasteiger partial charge in [-0.2, -0.15) is 47.9 Å². The Morgan fingerprint density at radius 3 is 1.84 bits per heavy atom. The lowest BCUT2D eigenvalue weighted by Gasteiger charge is -2.45. The van der Waals surface area contributed by atoms with Gasteiger partial charge in [0.2, 0.25) is 0 Å². The van der Waals surface area contributed by atoms with E-state index in [1.165, 1.54) is 0 Å². The number of ether oxygens (including phenoxy) is 1. The molecular formula is C15H14F9NO5S. The van der Waals surface area contributed by atoms with Crippen LogP contribution >= 0.6 is 0 Å². The lowest BCUT2D eigenvalue weighted by atomic mass is 10.1. The first-order chi connectivity index (χ1) is 13.9. The molecule has 1 saturated heterocycles. The molecule has 6 nitrogen and oxygen atoms in total. The molecule has 1 fully saturated rings. The molecule has 0 spiro atoms. The van der Waals surface area contributed by atoms with E-state index in [9.17, 15) is 53.1 Å². The van der Waals surface area contributed by atoms with Crippen molar-refractivity contribution in [3.05, 3.63) is 35.0 Å². The van der Waals surface area contributed by atoms with Crippen LogP contribution in [0.5, 0.6) is 5.75 Å². The van der Waals surface area contributed by atoms with E-state index in [-0.39, 0.29) is 38.4 Å². The zero-order valence-electron chi connectivity index (χ0n) is 15.1. The maximum atomic E-state index is 13.6. The fourth-order valence-electron chi connectivity index (χ4n) is 2.51. The third-order valence-electron chi connectivity index (χ3n) is 4.32. The molecule has 1 aliphatic heterocycles. The first-order valence-corrected chi connectivity index (χ1v) is 9.65. The minimum Gasteiger partial charge on any atom is -0.632 e. The van der Waals surface area contributed by atoms with Gasteiger partial charge in [-0.05, 0) is 24.3 Å². The van der Waals surface area contributed by atoms with E-state index in [1.54, 1.807) is 0 Å². The van der Waals surface area contributed by atoms with Crippen LogP contribution < -0.4 is 4.18 Å². The standard InChI is InChI=1S/C15H14F9NO5S/c16-12(17,14(20,21)22)13(18,19)15(23,24)31(27,28)30-11-3-1-10(2-4-11)9-25(26)5-7-29-8-6-25/h1-4H,5-9H2. The minimum absolute atomic E-state index is 0.0847. The molecule has 1 heterocycles. The van der Waals surface area contributed by atoms with Crippen molar-refractivity contribution in [3.63, 3.8) is 0 Å². The van der Waals surface area contributed by atoms with Gasteiger partial charge in [0.15, 0.2) is 0 Å². The topological polar surface area (TPSA) is 75.7 Å². The van der Waals surface area contributed by atoms with E-state index in [1.807, 2.05) is 0 Å². The van der Waals surface area contributed by atoms with Crippen molar-refractivity contribution in [2.24, 2.45) is 0 Å². The Hall–Kier alpha value is -1.78. The Morgan fingerprint density at radius 1 is 0.903 bits per heavy atom. The van der Waals surface area contributed by atoms with Gasteiger partial charge < -0.3 is 18.8 Å². The summed E-state index contributed by atoms with van der Waals surface area (Å²) in [4.78, 5) is 0. The summed E-state index contributed by atoms with van der Waals surface area (Å²) in [5.41, 5.74) is 0.252. The number of hydrogen-bond donors (Lipinski definition) is 0. The predicted octanol–water partition coefficient (Wildman–Crippen LogP) is 3.67. The van der Waals surface area contributed by atoms with E-state index in [0.717, 1.165) is 12.1 Å². The molecule has 0 aromatic heterocycles. The van der Waals surface area contributed by atoms with E-state index < -0.39 is 43.8 Å². The molecule has 0 unspecified atom stereocenters. The van der Waals surface area contributed by atoms with E-state index in [4.69, 9.17) is 4.74 Å². The highest BCUT2D eigenvalue weighted by atomic mass is 32.2.